The molecule has 5 aliphatic rings. The number of nitrogens with zero attached hydrogens (tertiary/aromatic N) is 2. The van der Waals surface area contributed by atoms with Crippen LogP contribution in [0.15, 0.2) is 36.4 Å². The van der Waals surface area contributed by atoms with Gasteiger partial charge in [-0.1, -0.05) is 31.0 Å². The molecule has 12 heteroatoms. The number of likely N-dealkylation sites (N-methyl/N-ethyl adjacent to an activating group) is 1. The Morgan fingerprint density at radius 2 is 1.84 bits per heavy atom. The molecule has 6 atom stereocenters. The van der Waals surface area contributed by atoms with Crippen molar-refractivity contribution in [3.8, 4) is 5.75 Å². The summed E-state index contributed by atoms with van der Waals surface area (Å²) in [4.78, 5) is 18.3. The molecule has 3 heterocycles. The Kier molecular flexibility index (Phi) is 11.0. The second-order valence-electron chi connectivity index (χ2n) is 16.0. The Morgan fingerprint density at radius 1 is 1.04 bits per heavy atom. The van der Waals surface area contributed by atoms with Crippen LogP contribution in [0.25, 0.3) is 0 Å². The first-order valence-electron chi connectivity index (χ1n) is 18.7. The molecule has 2 bridgehead atoms. The maximum Gasteiger partial charge on any atom is 0.264 e. The molecule has 51 heavy (non-hydrogen) atoms. The maximum atomic E-state index is 13.8. The van der Waals surface area contributed by atoms with Gasteiger partial charge in [-0.15, -0.1) is 0 Å². The van der Waals surface area contributed by atoms with Gasteiger partial charge in [0.15, 0.2) is 6.29 Å². The summed E-state index contributed by atoms with van der Waals surface area (Å²) in [7, 11) is 1.56. The molecular weight excluding hydrogens is 690 g/mol. The number of hydrogen-bond donors (Lipinski definition) is 1. The van der Waals surface area contributed by atoms with E-state index in [0.29, 0.717) is 43.8 Å². The van der Waals surface area contributed by atoms with Crippen molar-refractivity contribution >= 4 is 33.2 Å². The van der Waals surface area contributed by atoms with Gasteiger partial charge in [0.25, 0.3) is 5.91 Å². The number of fused-ring (bicyclic) bond motifs is 4. The summed E-state index contributed by atoms with van der Waals surface area (Å²) in [6.45, 7) is 5.22. The van der Waals surface area contributed by atoms with Crippen LogP contribution < -0.4 is 14.4 Å². The third-order valence-electron chi connectivity index (χ3n) is 12.6. The Hall–Kier alpha value is -2.41. The second kappa shape index (κ2) is 15.1. The molecule has 1 spiro atoms. The molecule has 1 amide bonds. The van der Waals surface area contributed by atoms with Crippen LogP contribution in [0.2, 0.25) is 5.02 Å². The first kappa shape index (κ1) is 36.9. The van der Waals surface area contributed by atoms with Gasteiger partial charge in [0.2, 0.25) is 10.0 Å². The lowest BCUT2D eigenvalue weighted by Gasteiger charge is -2.49. The van der Waals surface area contributed by atoms with Crippen LogP contribution in [0.1, 0.15) is 73.4 Å². The third-order valence-corrected chi connectivity index (χ3v) is 14.7. The molecule has 0 unspecified atom stereocenters. The molecule has 2 aromatic carbocycles. The largest absolute Gasteiger partial charge is 0.490 e. The summed E-state index contributed by atoms with van der Waals surface area (Å²) < 4.78 is 55.1. The van der Waals surface area contributed by atoms with E-state index in [2.05, 4.69) is 40.7 Å². The van der Waals surface area contributed by atoms with Crippen molar-refractivity contribution < 1.29 is 32.2 Å². The number of halogens is 1. The van der Waals surface area contributed by atoms with E-state index >= 15 is 0 Å². The molecule has 2 fully saturated rings. The van der Waals surface area contributed by atoms with Crippen molar-refractivity contribution in [3.63, 3.8) is 0 Å². The van der Waals surface area contributed by atoms with E-state index in [9.17, 15) is 13.2 Å². The first-order chi connectivity index (χ1) is 24.5. The lowest BCUT2D eigenvalue weighted by molar-refractivity contribution is -0.240. The van der Waals surface area contributed by atoms with Crippen molar-refractivity contribution in [1.82, 2.24) is 9.62 Å². The number of anilines is 1. The number of rotatable bonds is 4. The zero-order valence-corrected chi connectivity index (χ0v) is 32.0. The highest BCUT2D eigenvalue weighted by molar-refractivity contribution is 7.90. The number of amides is 1. The van der Waals surface area contributed by atoms with E-state index < -0.39 is 21.2 Å². The molecule has 1 saturated heterocycles. The molecule has 1 saturated carbocycles. The Balaban J connectivity index is 1.27. The number of carbonyl (C=O) groups is 1. The lowest BCUT2D eigenvalue weighted by atomic mass is 9.64. The van der Waals surface area contributed by atoms with Crippen LogP contribution in [0, 0.1) is 23.7 Å². The van der Waals surface area contributed by atoms with E-state index in [1.807, 2.05) is 25.1 Å². The fourth-order valence-corrected chi connectivity index (χ4v) is 11.2. The fraction of sp³-hybridized carbons (Fsp3) is 0.667. The highest BCUT2D eigenvalue weighted by Crippen LogP contribution is 2.49. The van der Waals surface area contributed by atoms with Crippen LogP contribution in [-0.2, 0) is 36.1 Å². The van der Waals surface area contributed by atoms with Crippen LogP contribution in [0.4, 0.5) is 5.69 Å². The van der Waals surface area contributed by atoms with Gasteiger partial charge in [0.1, 0.15) is 11.0 Å². The molecule has 280 valence electrons. The van der Waals surface area contributed by atoms with E-state index in [1.165, 1.54) is 18.2 Å². The fourth-order valence-electron chi connectivity index (χ4n) is 9.38. The van der Waals surface area contributed by atoms with Crippen LogP contribution in [-0.4, -0.2) is 97.5 Å². The van der Waals surface area contributed by atoms with Crippen LogP contribution in [0.3, 0.4) is 0 Å². The lowest BCUT2D eigenvalue weighted by Crippen LogP contribution is -2.52. The van der Waals surface area contributed by atoms with Crippen molar-refractivity contribution in [3.05, 3.63) is 58.1 Å². The van der Waals surface area contributed by atoms with E-state index in [-0.39, 0.29) is 41.8 Å². The van der Waals surface area contributed by atoms with E-state index in [4.69, 9.17) is 30.5 Å². The number of benzene rings is 2. The Morgan fingerprint density at radius 3 is 2.57 bits per heavy atom. The normalized spacial score (nSPS) is 34.0. The minimum Gasteiger partial charge on any atom is -0.490 e. The first-order valence-corrected chi connectivity index (χ1v) is 20.7. The van der Waals surface area contributed by atoms with Crippen molar-refractivity contribution in [2.75, 3.05) is 65.6 Å². The number of hydrogen-bond acceptors (Lipinski definition) is 9. The maximum absolute atomic E-state index is 13.8. The molecule has 2 aromatic rings. The summed E-state index contributed by atoms with van der Waals surface area (Å²) in [5.74, 6) is 0.812. The number of ether oxygens (including phenoxy) is 4. The molecular formula is C39H54ClN3O7S. The second-order valence-corrected chi connectivity index (χ2v) is 18.3. The Labute approximate surface area is 308 Å². The van der Waals surface area contributed by atoms with Gasteiger partial charge in [-0.2, -0.15) is 0 Å². The highest BCUT2D eigenvalue weighted by Gasteiger charge is 2.47. The molecule has 0 radical (unpaired) electrons. The SMILES string of the molecule is COC[C@H]1[C@@H](C)CCC[C@@H](C2OCC(N(C)C)CO2)[C@@H]2CC[C@H]2CN2C[C@@]3(CCCc4cc(Cl)ccc43)COc3ccc(cc32)C(=O)NS1(=O)=O. The van der Waals surface area contributed by atoms with Crippen molar-refractivity contribution in [1.29, 1.82) is 0 Å². The minimum atomic E-state index is -4.05. The average molecular weight is 744 g/mol. The molecule has 10 nitrogen and oxygen atoms in total. The van der Waals surface area contributed by atoms with Crippen LogP contribution in [0.5, 0.6) is 5.75 Å². The van der Waals surface area contributed by atoms with Crippen molar-refractivity contribution in [2.45, 2.75) is 81.3 Å². The number of methoxy groups -OCH3 is 1. The molecule has 1 N–H and O–H groups in total. The third kappa shape index (κ3) is 7.53. The van der Waals surface area contributed by atoms with Crippen molar-refractivity contribution in [2.24, 2.45) is 23.7 Å². The monoisotopic (exact) mass is 743 g/mol. The Bertz CT molecular complexity index is 1680. The average Bonchev–Trinajstić information content (AvgIpc) is 3.24. The zero-order chi connectivity index (χ0) is 35.9. The topological polar surface area (TPSA) is 107 Å². The summed E-state index contributed by atoms with van der Waals surface area (Å²) in [6, 6.07) is 11.8. The molecule has 3 aliphatic heterocycles. The van der Waals surface area contributed by atoms with Crippen LogP contribution >= 0.6 is 11.6 Å². The van der Waals surface area contributed by atoms with Gasteiger partial charge >= 0.3 is 0 Å². The molecule has 7 rings (SSSR count). The summed E-state index contributed by atoms with van der Waals surface area (Å²) in [5.41, 5.74) is 3.40. The zero-order valence-electron chi connectivity index (χ0n) is 30.4. The summed E-state index contributed by atoms with van der Waals surface area (Å²) >= 11 is 6.48. The van der Waals surface area contributed by atoms with Gasteiger partial charge in [0.05, 0.1) is 38.2 Å². The predicted octanol–water partition coefficient (Wildman–Crippen LogP) is 5.65. The minimum absolute atomic E-state index is 0.000741. The number of nitrogens with one attached hydrogen (secondary N) is 1. The highest BCUT2D eigenvalue weighted by atomic mass is 35.5. The van der Waals surface area contributed by atoms with E-state index in [0.717, 1.165) is 68.7 Å². The number of sulfonamides is 1. The molecule has 0 aromatic heterocycles. The van der Waals surface area contributed by atoms with Gasteiger partial charge < -0.3 is 28.7 Å². The van der Waals surface area contributed by atoms with Gasteiger partial charge in [-0.05, 0) is 118 Å². The van der Waals surface area contributed by atoms with Gasteiger partial charge in [-0.25, -0.2) is 13.1 Å². The number of aryl methyl sites for hydroxylation is 1. The number of carbonyl (C=O) groups excluding carboxylic acids is 1. The van der Waals surface area contributed by atoms with Gasteiger partial charge in [-0.3, -0.25) is 4.79 Å². The smallest absolute Gasteiger partial charge is 0.264 e. The van der Waals surface area contributed by atoms with Gasteiger partial charge in [0, 0.05) is 42.1 Å². The summed E-state index contributed by atoms with van der Waals surface area (Å²) in [6.07, 6.45) is 7.26. The molecule has 2 aliphatic carbocycles. The standard InChI is InChI=1S/C39H54ClN3O7S/c1-25-7-5-9-32(38-48-20-30(21-49-38)42(2)3)31-13-10-28(31)19-43-23-39(16-6-8-26-17-29(40)12-14-33(26)39)24-50-35-15-11-27(18-34(35)43)37(44)41-51(45,46)36(25)22-47-4/h11-12,14-15,17-18,25,28,30-32,36,38H,5-10,13,16,19-24H2,1-4H3,(H,41,44)/t25-,28-,30?,31+,32+,36-,38?,39-/m0/s1. The predicted molar refractivity (Wildman–Crippen MR) is 198 cm³/mol. The summed E-state index contributed by atoms with van der Waals surface area (Å²) in [5, 5.41) is -0.133. The quantitative estimate of drug-likeness (QED) is 0.425. The van der Waals surface area contributed by atoms with E-state index in [1.54, 1.807) is 6.07 Å².